The van der Waals surface area contributed by atoms with Crippen LogP contribution in [0, 0.1) is 12.7 Å². The van der Waals surface area contributed by atoms with Gasteiger partial charge in [-0.3, -0.25) is 0 Å². The van der Waals surface area contributed by atoms with Crippen molar-refractivity contribution in [3.63, 3.8) is 0 Å². The highest BCUT2D eigenvalue weighted by molar-refractivity contribution is 7.98. The monoisotopic (exact) mass is 230 g/mol. The van der Waals surface area contributed by atoms with Gasteiger partial charge in [-0.1, -0.05) is 6.07 Å². The Bertz CT molecular complexity index is 317. The molecule has 15 heavy (non-hydrogen) atoms. The van der Waals surface area contributed by atoms with Crippen LogP contribution in [0.1, 0.15) is 11.1 Å². The van der Waals surface area contributed by atoms with E-state index in [2.05, 4.69) is 0 Å². The van der Waals surface area contributed by atoms with E-state index < -0.39 is 6.10 Å². The van der Waals surface area contributed by atoms with E-state index in [-0.39, 0.29) is 12.4 Å². The Kier molecular flexibility index (Phi) is 5.08. The first-order chi connectivity index (χ1) is 7.13. The van der Waals surface area contributed by atoms with Gasteiger partial charge in [0.05, 0.1) is 12.7 Å². The molecule has 0 aromatic heterocycles. The van der Waals surface area contributed by atoms with Crippen LogP contribution < -0.4 is 0 Å². The molecule has 1 aromatic rings. The first-order valence-electron chi connectivity index (χ1n) is 4.75. The van der Waals surface area contributed by atoms with E-state index in [0.717, 1.165) is 16.9 Å². The van der Waals surface area contributed by atoms with E-state index in [1.807, 2.05) is 6.92 Å². The van der Waals surface area contributed by atoms with E-state index in [9.17, 15) is 4.39 Å². The van der Waals surface area contributed by atoms with Gasteiger partial charge in [-0.2, -0.15) is 11.8 Å². The number of benzene rings is 1. The maximum Gasteiger partial charge on any atom is 0.123 e. The Morgan fingerprint density at radius 1 is 1.47 bits per heavy atom. The van der Waals surface area contributed by atoms with Gasteiger partial charge in [-0.15, -0.1) is 0 Å². The van der Waals surface area contributed by atoms with Gasteiger partial charge in [0.1, 0.15) is 5.82 Å². The first kappa shape index (κ1) is 12.5. The Hall–Kier alpha value is -0.580. The third kappa shape index (κ3) is 4.20. The maximum absolute atomic E-state index is 12.8. The summed E-state index contributed by atoms with van der Waals surface area (Å²) in [4.78, 5) is 0. The molecular formula is C11H15FO2S. The van der Waals surface area contributed by atoms with Crippen LogP contribution in [0.25, 0.3) is 0 Å². The predicted molar refractivity (Wildman–Crippen MR) is 60.4 cm³/mol. The summed E-state index contributed by atoms with van der Waals surface area (Å²) in [6, 6.07) is 4.69. The summed E-state index contributed by atoms with van der Waals surface area (Å²) in [7, 11) is 0. The molecule has 4 heteroatoms. The summed E-state index contributed by atoms with van der Waals surface area (Å²) < 4.78 is 12.8. The van der Waals surface area contributed by atoms with E-state index in [0.29, 0.717) is 5.75 Å². The molecule has 2 nitrogen and oxygen atoms in total. The fraction of sp³-hybridized carbons (Fsp3) is 0.455. The van der Waals surface area contributed by atoms with E-state index in [4.69, 9.17) is 10.2 Å². The lowest BCUT2D eigenvalue weighted by Gasteiger charge is -2.08. The molecule has 0 aliphatic rings. The van der Waals surface area contributed by atoms with Crippen molar-refractivity contribution in [3.8, 4) is 0 Å². The SMILES string of the molecule is Cc1cc(F)ccc1CSCC(O)CO. The van der Waals surface area contributed by atoms with Crippen molar-refractivity contribution in [2.45, 2.75) is 18.8 Å². The van der Waals surface area contributed by atoms with Crippen molar-refractivity contribution in [1.29, 1.82) is 0 Å². The van der Waals surface area contributed by atoms with Crippen molar-refractivity contribution in [2.24, 2.45) is 0 Å². The minimum atomic E-state index is -0.671. The molecule has 0 aliphatic carbocycles. The molecule has 0 radical (unpaired) electrons. The van der Waals surface area contributed by atoms with E-state index in [1.165, 1.54) is 23.9 Å². The molecule has 1 aromatic carbocycles. The number of hydrogen-bond acceptors (Lipinski definition) is 3. The molecule has 1 rings (SSSR count). The third-order valence-electron chi connectivity index (χ3n) is 2.08. The van der Waals surface area contributed by atoms with E-state index in [1.54, 1.807) is 6.07 Å². The molecule has 0 bridgehead atoms. The zero-order valence-electron chi connectivity index (χ0n) is 8.61. The van der Waals surface area contributed by atoms with Gasteiger partial charge < -0.3 is 10.2 Å². The van der Waals surface area contributed by atoms with Gasteiger partial charge in [0.2, 0.25) is 0 Å². The lowest BCUT2D eigenvalue weighted by Crippen LogP contribution is -2.14. The molecule has 0 spiro atoms. The second-order valence-corrected chi connectivity index (χ2v) is 4.45. The van der Waals surface area contributed by atoms with Crippen LogP contribution in [0.4, 0.5) is 4.39 Å². The Morgan fingerprint density at radius 3 is 2.80 bits per heavy atom. The fourth-order valence-corrected chi connectivity index (χ4v) is 2.22. The molecule has 0 amide bonds. The molecule has 0 saturated heterocycles. The van der Waals surface area contributed by atoms with Crippen molar-refractivity contribution in [1.82, 2.24) is 0 Å². The molecule has 0 saturated carbocycles. The van der Waals surface area contributed by atoms with Gasteiger partial charge in [0.25, 0.3) is 0 Å². The standard InChI is InChI=1S/C11H15FO2S/c1-8-4-10(12)3-2-9(8)6-15-7-11(14)5-13/h2-4,11,13-14H,5-7H2,1H3. The van der Waals surface area contributed by atoms with Crippen LogP contribution in [0.15, 0.2) is 18.2 Å². The molecule has 2 N–H and O–H groups in total. The van der Waals surface area contributed by atoms with Crippen molar-refractivity contribution < 1.29 is 14.6 Å². The van der Waals surface area contributed by atoms with E-state index >= 15 is 0 Å². The van der Waals surface area contributed by atoms with Crippen LogP contribution in [0.5, 0.6) is 0 Å². The normalized spacial score (nSPS) is 12.8. The zero-order chi connectivity index (χ0) is 11.3. The number of aliphatic hydroxyl groups excluding tert-OH is 2. The zero-order valence-corrected chi connectivity index (χ0v) is 9.43. The van der Waals surface area contributed by atoms with Gasteiger partial charge >= 0.3 is 0 Å². The second-order valence-electron chi connectivity index (χ2n) is 3.42. The first-order valence-corrected chi connectivity index (χ1v) is 5.90. The molecule has 1 unspecified atom stereocenters. The second kappa shape index (κ2) is 6.10. The Morgan fingerprint density at radius 2 is 2.20 bits per heavy atom. The van der Waals surface area contributed by atoms with Crippen molar-refractivity contribution in [3.05, 3.63) is 35.1 Å². The number of hydrogen-bond donors (Lipinski definition) is 2. The molecule has 0 heterocycles. The number of aliphatic hydroxyl groups is 2. The van der Waals surface area contributed by atoms with Crippen molar-refractivity contribution >= 4 is 11.8 Å². The van der Waals surface area contributed by atoms with Crippen LogP contribution >= 0.6 is 11.8 Å². The Balaban J connectivity index is 2.44. The molecule has 84 valence electrons. The lowest BCUT2D eigenvalue weighted by atomic mass is 10.1. The minimum Gasteiger partial charge on any atom is -0.394 e. The quantitative estimate of drug-likeness (QED) is 0.809. The smallest absolute Gasteiger partial charge is 0.123 e. The van der Waals surface area contributed by atoms with Crippen LogP contribution in [-0.4, -0.2) is 28.7 Å². The molecule has 1 atom stereocenters. The predicted octanol–water partition coefficient (Wildman–Crippen LogP) is 1.72. The molecular weight excluding hydrogens is 215 g/mol. The molecule has 0 aliphatic heterocycles. The summed E-state index contributed by atoms with van der Waals surface area (Å²) in [5.41, 5.74) is 1.98. The summed E-state index contributed by atoms with van der Waals surface area (Å²) >= 11 is 1.53. The van der Waals surface area contributed by atoms with Gasteiger partial charge in [-0.05, 0) is 30.2 Å². The minimum absolute atomic E-state index is 0.213. The number of thioether (sulfide) groups is 1. The topological polar surface area (TPSA) is 40.5 Å². The lowest BCUT2D eigenvalue weighted by molar-refractivity contribution is 0.113. The van der Waals surface area contributed by atoms with Gasteiger partial charge in [0, 0.05) is 11.5 Å². The van der Waals surface area contributed by atoms with Crippen LogP contribution in [0.2, 0.25) is 0 Å². The average Bonchev–Trinajstić information content (AvgIpc) is 2.21. The number of halogens is 1. The Labute approximate surface area is 93.1 Å². The fourth-order valence-electron chi connectivity index (χ4n) is 1.18. The highest BCUT2D eigenvalue weighted by atomic mass is 32.2. The number of rotatable bonds is 5. The summed E-state index contributed by atoms with van der Waals surface area (Å²) in [6.07, 6.45) is -0.671. The highest BCUT2D eigenvalue weighted by Gasteiger charge is 2.04. The number of aryl methyl sites for hydroxylation is 1. The summed E-state index contributed by atoms with van der Waals surface area (Å²) in [5.74, 6) is 0.993. The van der Waals surface area contributed by atoms with Crippen LogP contribution in [0.3, 0.4) is 0 Å². The molecule has 0 fully saturated rings. The van der Waals surface area contributed by atoms with Crippen LogP contribution in [-0.2, 0) is 5.75 Å². The summed E-state index contributed by atoms with van der Waals surface area (Å²) in [5, 5.41) is 17.7. The largest absolute Gasteiger partial charge is 0.394 e. The van der Waals surface area contributed by atoms with Crippen molar-refractivity contribution in [2.75, 3.05) is 12.4 Å². The maximum atomic E-state index is 12.8. The summed E-state index contributed by atoms with van der Waals surface area (Å²) in [6.45, 7) is 1.65. The van der Waals surface area contributed by atoms with Gasteiger partial charge in [-0.25, -0.2) is 4.39 Å². The third-order valence-corrected chi connectivity index (χ3v) is 3.22. The highest BCUT2D eigenvalue weighted by Crippen LogP contribution is 2.17. The van der Waals surface area contributed by atoms with Gasteiger partial charge in [0.15, 0.2) is 0 Å². The average molecular weight is 230 g/mol.